The van der Waals surface area contributed by atoms with Crippen molar-refractivity contribution in [2.24, 2.45) is 11.8 Å². The van der Waals surface area contributed by atoms with E-state index in [4.69, 9.17) is 0 Å². The standard InChI is InChI=1S/C22H38O3/c1-19(2)16-14-12-10-8-6-4-3-5-7-9-11-13-15-17-20-18-21(23)25-22(20)24/h15,17,19-20H,3-14,16,18H2,1-2H3/b17-15+. The molecule has 1 unspecified atom stereocenters. The zero-order valence-electron chi connectivity index (χ0n) is 16.4. The first kappa shape index (κ1) is 21.9. The van der Waals surface area contributed by atoms with E-state index >= 15 is 0 Å². The van der Waals surface area contributed by atoms with Gasteiger partial charge in [0.1, 0.15) is 0 Å². The van der Waals surface area contributed by atoms with Crippen molar-refractivity contribution in [2.75, 3.05) is 0 Å². The van der Waals surface area contributed by atoms with Crippen molar-refractivity contribution < 1.29 is 14.3 Å². The Morgan fingerprint density at radius 2 is 1.40 bits per heavy atom. The molecule has 1 aliphatic heterocycles. The summed E-state index contributed by atoms with van der Waals surface area (Å²) in [5, 5.41) is 0. The Labute approximate surface area is 154 Å². The summed E-state index contributed by atoms with van der Waals surface area (Å²) in [5.74, 6) is -0.256. The third-order valence-electron chi connectivity index (χ3n) is 4.92. The Morgan fingerprint density at radius 1 is 0.880 bits per heavy atom. The Kier molecular flexibility index (Phi) is 12.4. The van der Waals surface area contributed by atoms with Crippen LogP contribution in [0.15, 0.2) is 12.2 Å². The van der Waals surface area contributed by atoms with Crippen LogP contribution in [0.1, 0.15) is 104 Å². The lowest BCUT2D eigenvalue weighted by atomic mass is 10.0. The van der Waals surface area contributed by atoms with Crippen LogP contribution in [0.5, 0.6) is 0 Å². The van der Waals surface area contributed by atoms with E-state index in [1.165, 1.54) is 77.0 Å². The third kappa shape index (κ3) is 12.0. The lowest BCUT2D eigenvalue weighted by Crippen LogP contribution is -2.03. The highest BCUT2D eigenvalue weighted by Crippen LogP contribution is 2.18. The zero-order valence-corrected chi connectivity index (χ0v) is 16.4. The summed E-state index contributed by atoms with van der Waals surface area (Å²) in [7, 11) is 0. The molecule has 0 aromatic heterocycles. The number of hydrogen-bond acceptors (Lipinski definition) is 3. The highest BCUT2D eigenvalue weighted by molar-refractivity contribution is 5.95. The molecule has 0 saturated carbocycles. The summed E-state index contributed by atoms with van der Waals surface area (Å²) in [6.07, 6.45) is 21.4. The Hall–Kier alpha value is -1.12. The maximum absolute atomic E-state index is 11.3. The van der Waals surface area contributed by atoms with Gasteiger partial charge in [-0.1, -0.05) is 96.6 Å². The van der Waals surface area contributed by atoms with Gasteiger partial charge in [0.2, 0.25) is 0 Å². The first-order chi connectivity index (χ1) is 12.1. The van der Waals surface area contributed by atoms with E-state index in [2.05, 4.69) is 18.6 Å². The second-order valence-electron chi connectivity index (χ2n) is 7.89. The summed E-state index contributed by atoms with van der Waals surface area (Å²) in [4.78, 5) is 22.2. The molecule has 0 amide bonds. The molecular formula is C22H38O3. The number of unbranched alkanes of at least 4 members (excludes halogenated alkanes) is 11. The van der Waals surface area contributed by atoms with Crippen molar-refractivity contribution in [1.29, 1.82) is 0 Å². The largest absolute Gasteiger partial charge is 0.393 e. The van der Waals surface area contributed by atoms with Gasteiger partial charge in [-0.25, -0.2) is 0 Å². The van der Waals surface area contributed by atoms with Gasteiger partial charge in [-0.15, -0.1) is 0 Å². The van der Waals surface area contributed by atoms with Gasteiger partial charge in [-0.05, 0) is 18.8 Å². The van der Waals surface area contributed by atoms with Crippen LogP contribution < -0.4 is 0 Å². The number of esters is 2. The molecule has 1 heterocycles. The van der Waals surface area contributed by atoms with Gasteiger partial charge in [0.15, 0.2) is 0 Å². The molecule has 3 nitrogen and oxygen atoms in total. The Bertz CT molecular complexity index is 398. The number of rotatable bonds is 15. The molecule has 3 heteroatoms. The molecule has 25 heavy (non-hydrogen) atoms. The second kappa shape index (κ2) is 14.1. The lowest BCUT2D eigenvalue weighted by Gasteiger charge is -2.04. The van der Waals surface area contributed by atoms with Crippen LogP contribution in [0.4, 0.5) is 0 Å². The minimum absolute atomic E-state index is 0.215. The molecule has 0 bridgehead atoms. The number of hydrogen-bond donors (Lipinski definition) is 0. The molecule has 1 atom stereocenters. The Balaban J connectivity index is 1.79. The normalized spacial score (nSPS) is 17.8. The Morgan fingerprint density at radius 3 is 1.88 bits per heavy atom. The van der Waals surface area contributed by atoms with E-state index in [-0.39, 0.29) is 18.3 Å². The molecule has 0 aliphatic carbocycles. The molecule has 0 N–H and O–H groups in total. The lowest BCUT2D eigenvalue weighted by molar-refractivity contribution is -0.152. The monoisotopic (exact) mass is 350 g/mol. The summed E-state index contributed by atoms with van der Waals surface area (Å²) < 4.78 is 4.52. The van der Waals surface area contributed by atoms with Crippen molar-refractivity contribution >= 4 is 11.9 Å². The van der Waals surface area contributed by atoms with Gasteiger partial charge >= 0.3 is 11.9 Å². The molecular weight excluding hydrogens is 312 g/mol. The molecule has 1 saturated heterocycles. The van der Waals surface area contributed by atoms with Crippen LogP contribution in [0.3, 0.4) is 0 Å². The molecule has 1 rings (SSSR count). The minimum Gasteiger partial charge on any atom is -0.393 e. The van der Waals surface area contributed by atoms with Crippen LogP contribution in [-0.2, 0) is 14.3 Å². The number of allylic oxidation sites excluding steroid dienone is 1. The van der Waals surface area contributed by atoms with Crippen molar-refractivity contribution in [3.05, 3.63) is 12.2 Å². The van der Waals surface area contributed by atoms with Crippen LogP contribution >= 0.6 is 0 Å². The average molecular weight is 351 g/mol. The quantitative estimate of drug-likeness (QED) is 0.149. The predicted molar refractivity (Wildman–Crippen MR) is 103 cm³/mol. The number of cyclic esters (lactones) is 2. The van der Waals surface area contributed by atoms with Gasteiger partial charge in [0, 0.05) is 0 Å². The highest BCUT2D eigenvalue weighted by Gasteiger charge is 2.30. The summed E-state index contributed by atoms with van der Waals surface area (Å²) in [6.45, 7) is 4.62. The molecule has 1 aliphatic rings. The van der Waals surface area contributed by atoms with Crippen molar-refractivity contribution in [3.8, 4) is 0 Å². The van der Waals surface area contributed by atoms with Crippen molar-refractivity contribution in [3.63, 3.8) is 0 Å². The zero-order chi connectivity index (χ0) is 18.3. The number of carbonyl (C=O) groups is 2. The topological polar surface area (TPSA) is 43.4 Å². The van der Waals surface area contributed by atoms with Gasteiger partial charge in [-0.3, -0.25) is 9.59 Å². The van der Waals surface area contributed by atoms with Crippen LogP contribution in [0.2, 0.25) is 0 Å². The smallest absolute Gasteiger partial charge is 0.321 e. The molecule has 0 spiro atoms. The minimum atomic E-state index is -0.393. The van der Waals surface area contributed by atoms with Crippen LogP contribution in [0, 0.1) is 11.8 Å². The fourth-order valence-electron chi connectivity index (χ4n) is 3.31. The fraction of sp³-hybridized carbons (Fsp3) is 0.818. The van der Waals surface area contributed by atoms with Crippen molar-refractivity contribution in [2.45, 2.75) is 104 Å². The SMILES string of the molecule is CC(C)CCCCCCCCCCCCC/C=C/C1CC(=O)OC1=O. The third-order valence-corrected chi connectivity index (χ3v) is 4.92. The van der Waals surface area contributed by atoms with Gasteiger partial charge < -0.3 is 4.74 Å². The van der Waals surface area contributed by atoms with E-state index in [0.717, 1.165) is 12.3 Å². The first-order valence-corrected chi connectivity index (χ1v) is 10.5. The summed E-state index contributed by atoms with van der Waals surface area (Å²) in [6, 6.07) is 0. The van der Waals surface area contributed by atoms with Crippen LogP contribution in [0.25, 0.3) is 0 Å². The van der Waals surface area contributed by atoms with E-state index in [1.807, 2.05) is 12.2 Å². The first-order valence-electron chi connectivity index (χ1n) is 10.5. The summed E-state index contributed by atoms with van der Waals surface area (Å²) in [5.41, 5.74) is 0. The molecule has 0 radical (unpaired) electrons. The van der Waals surface area contributed by atoms with Gasteiger partial charge in [-0.2, -0.15) is 0 Å². The van der Waals surface area contributed by atoms with Crippen LogP contribution in [-0.4, -0.2) is 11.9 Å². The van der Waals surface area contributed by atoms with E-state index < -0.39 is 5.97 Å². The highest BCUT2D eigenvalue weighted by atomic mass is 16.6. The van der Waals surface area contributed by atoms with Gasteiger partial charge in [0.25, 0.3) is 0 Å². The molecule has 0 aromatic rings. The van der Waals surface area contributed by atoms with Crippen molar-refractivity contribution in [1.82, 2.24) is 0 Å². The van der Waals surface area contributed by atoms with E-state index in [9.17, 15) is 9.59 Å². The molecule has 1 fully saturated rings. The second-order valence-corrected chi connectivity index (χ2v) is 7.89. The van der Waals surface area contributed by atoms with E-state index in [0.29, 0.717) is 0 Å². The van der Waals surface area contributed by atoms with Gasteiger partial charge in [0.05, 0.1) is 12.3 Å². The van der Waals surface area contributed by atoms with E-state index in [1.54, 1.807) is 0 Å². The number of ether oxygens (including phenoxy) is 1. The molecule has 0 aromatic carbocycles. The molecule has 144 valence electrons. The number of carbonyl (C=O) groups excluding carboxylic acids is 2. The fourth-order valence-corrected chi connectivity index (χ4v) is 3.31. The maximum Gasteiger partial charge on any atom is 0.321 e. The predicted octanol–water partition coefficient (Wildman–Crippen LogP) is 6.36. The summed E-state index contributed by atoms with van der Waals surface area (Å²) >= 11 is 0. The maximum atomic E-state index is 11.3. The average Bonchev–Trinajstić information content (AvgIpc) is 2.88.